The van der Waals surface area contributed by atoms with Gasteiger partial charge in [0.25, 0.3) is 5.91 Å². The number of nitrogens with one attached hydrogen (secondary N) is 2. The minimum Gasteiger partial charge on any atom is -0.497 e. The highest BCUT2D eigenvalue weighted by Gasteiger charge is 2.35. The van der Waals surface area contributed by atoms with Crippen molar-refractivity contribution in [2.75, 3.05) is 14.2 Å². The SMILES string of the molecule is CO.COc1ccc(Oc2ccc(CNC(=O)[C@@H](C)NC(=O)c3cncnc3)cc2)c(C(F)(F)F)c1. The lowest BCUT2D eigenvalue weighted by Crippen LogP contribution is -2.44. The van der Waals surface area contributed by atoms with Crippen LogP contribution in [0.1, 0.15) is 28.4 Å². The monoisotopic (exact) mass is 506 g/mol. The van der Waals surface area contributed by atoms with Crippen molar-refractivity contribution in [2.45, 2.75) is 25.7 Å². The summed E-state index contributed by atoms with van der Waals surface area (Å²) in [6.45, 7) is 1.67. The summed E-state index contributed by atoms with van der Waals surface area (Å²) in [5.74, 6) is -1.01. The van der Waals surface area contributed by atoms with Crippen molar-refractivity contribution in [3.05, 3.63) is 77.9 Å². The zero-order valence-electron chi connectivity index (χ0n) is 19.7. The Kier molecular flexibility index (Phi) is 10.2. The van der Waals surface area contributed by atoms with Gasteiger partial charge in [0.2, 0.25) is 5.91 Å². The van der Waals surface area contributed by atoms with Crippen LogP contribution in [0.3, 0.4) is 0 Å². The molecule has 0 fully saturated rings. The zero-order valence-corrected chi connectivity index (χ0v) is 19.7. The van der Waals surface area contributed by atoms with E-state index in [4.69, 9.17) is 14.6 Å². The van der Waals surface area contributed by atoms with E-state index < -0.39 is 29.6 Å². The number of carbonyl (C=O) groups excluding carboxylic acids is 2. The van der Waals surface area contributed by atoms with Crippen LogP contribution < -0.4 is 20.1 Å². The first-order chi connectivity index (χ1) is 17.2. The number of aromatic nitrogens is 2. The van der Waals surface area contributed by atoms with Gasteiger partial charge in [-0.15, -0.1) is 0 Å². The summed E-state index contributed by atoms with van der Waals surface area (Å²) in [7, 11) is 2.28. The maximum absolute atomic E-state index is 13.3. The Hall–Kier alpha value is -4.19. The summed E-state index contributed by atoms with van der Waals surface area (Å²) in [6.07, 6.45) is -0.663. The number of aliphatic hydroxyl groups is 1. The molecule has 0 unspecified atom stereocenters. The van der Waals surface area contributed by atoms with E-state index in [1.165, 1.54) is 57.0 Å². The van der Waals surface area contributed by atoms with Crippen molar-refractivity contribution in [1.82, 2.24) is 20.6 Å². The van der Waals surface area contributed by atoms with E-state index in [0.717, 1.165) is 13.2 Å². The van der Waals surface area contributed by atoms with Gasteiger partial charge >= 0.3 is 6.18 Å². The molecule has 0 aliphatic heterocycles. The molecule has 0 bridgehead atoms. The number of nitrogens with zero attached hydrogens (tertiary/aromatic N) is 2. The fourth-order valence-corrected chi connectivity index (χ4v) is 2.85. The topological polar surface area (TPSA) is 123 Å². The highest BCUT2D eigenvalue weighted by molar-refractivity contribution is 5.96. The standard InChI is InChI=1S/C23H21F3N4O4.CH4O/c1-14(30-22(32)16-11-27-13-28-12-16)21(31)29-10-15-3-5-17(6-4-15)34-20-8-7-18(33-2)9-19(20)23(24,25)26;1-2/h3-9,11-14H,10H2,1-2H3,(H,29,31)(H,30,32);2H,1H3/t14-;/m1./s1. The molecule has 0 aliphatic rings. The number of aliphatic hydroxyl groups excluding tert-OH is 1. The summed E-state index contributed by atoms with van der Waals surface area (Å²) in [5.41, 5.74) is -0.0500. The van der Waals surface area contributed by atoms with Crippen molar-refractivity contribution in [3.8, 4) is 17.2 Å². The first-order valence-electron chi connectivity index (χ1n) is 10.5. The number of carbonyl (C=O) groups is 2. The van der Waals surface area contributed by atoms with Crippen LogP contribution >= 0.6 is 0 Å². The quantitative estimate of drug-likeness (QED) is 0.428. The fraction of sp³-hybridized carbons (Fsp3) is 0.250. The predicted molar refractivity (Wildman–Crippen MR) is 123 cm³/mol. The molecule has 36 heavy (non-hydrogen) atoms. The van der Waals surface area contributed by atoms with Gasteiger partial charge in [0.1, 0.15) is 35.2 Å². The van der Waals surface area contributed by atoms with Crippen LogP contribution in [0.2, 0.25) is 0 Å². The maximum atomic E-state index is 13.3. The molecular formula is C24H25F3N4O5. The van der Waals surface area contributed by atoms with E-state index in [-0.39, 0.29) is 29.4 Å². The lowest BCUT2D eigenvalue weighted by molar-refractivity contribution is -0.138. The van der Waals surface area contributed by atoms with Crippen molar-refractivity contribution in [3.63, 3.8) is 0 Å². The first kappa shape index (κ1) is 28.1. The number of amides is 2. The molecule has 3 rings (SSSR count). The molecule has 9 nitrogen and oxygen atoms in total. The predicted octanol–water partition coefficient (Wildman–Crippen LogP) is 3.34. The van der Waals surface area contributed by atoms with E-state index in [0.29, 0.717) is 5.56 Å². The van der Waals surface area contributed by atoms with Crippen LogP contribution in [-0.2, 0) is 17.5 Å². The Labute approximate surface area is 205 Å². The molecule has 12 heteroatoms. The molecule has 1 heterocycles. The van der Waals surface area contributed by atoms with Gasteiger partial charge in [-0.05, 0) is 42.8 Å². The highest BCUT2D eigenvalue weighted by atomic mass is 19.4. The van der Waals surface area contributed by atoms with Crippen LogP contribution in [0.25, 0.3) is 0 Å². The molecule has 2 amide bonds. The van der Waals surface area contributed by atoms with Gasteiger partial charge < -0.3 is 25.2 Å². The summed E-state index contributed by atoms with van der Waals surface area (Å²) < 4.78 is 50.3. The second kappa shape index (κ2) is 13.0. The Morgan fingerprint density at radius 3 is 2.22 bits per heavy atom. The smallest absolute Gasteiger partial charge is 0.420 e. The maximum Gasteiger partial charge on any atom is 0.420 e. The number of halogens is 3. The molecule has 192 valence electrons. The Morgan fingerprint density at radius 2 is 1.64 bits per heavy atom. The molecule has 0 saturated heterocycles. The zero-order chi connectivity index (χ0) is 26.7. The molecular weight excluding hydrogens is 481 g/mol. The number of hydrogen-bond donors (Lipinski definition) is 3. The van der Waals surface area contributed by atoms with Crippen LogP contribution in [0, 0.1) is 0 Å². The van der Waals surface area contributed by atoms with Crippen molar-refractivity contribution in [1.29, 1.82) is 0 Å². The minimum absolute atomic E-state index is 0.0632. The van der Waals surface area contributed by atoms with Crippen molar-refractivity contribution < 1.29 is 37.3 Å². The Bertz CT molecular complexity index is 1140. The van der Waals surface area contributed by atoms with Crippen LogP contribution in [0.5, 0.6) is 17.2 Å². The largest absolute Gasteiger partial charge is 0.497 e. The molecule has 0 aliphatic carbocycles. The number of methoxy groups -OCH3 is 1. The van der Waals surface area contributed by atoms with Crippen LogP contribution in [-0.4, -0.2) is 47.2 Å². The lowest BCUT2D eigenvalue weighted by atomic mass is 10.1. The highest BCUT2D eigenvalue weighted by Crippen LogP contribution is 2.40. The summed E-state index contributed by atoms with van der Waals surface area (Å²) >= 11 is 0. The van der Waals surface area contributed by atoms with Crippen LogP contribution in [0.15, 0.2) is 61.2 Å². The summed E-state index contributed by atoms with van der Waals surface area (Å²) in [5, 5.41) is 12.2. The minimum atomic E-state index is -4.62. The molecule has 1 aromatic heterocycles. The number of alkyl halides is 3. The second-order valence-electron chi connectivity index (χ2n) is 7.15. The van der Waals surface area contributed by atoms with E-state index in [1.807, 2.05) is 0 Å². The normalized spacial score (nSPS) is 11.4. The average Bonchev–Trinajstić information content (AvgIpc) is 2.89. The van der Waals surface area contributed by atoms with E-state index >= 15 is 0 Å². The Morgan fingerprint density at radius 1 is 1.03 bits per heavy atom. The fourth-order valence-electron chi connectivity index (χ4n) is 2.85. The third-order valence-corrected chi connectivity index (χ3v) is 4.67. The van der Waals surface area contributed by atoms with Crippen molar-refractivity contribution in [2.24, 2.45) is 0 Å². The van der Waals surface area contributed by atoms with Crippen molar-refractivity contribution >= 4 is 11.8 Å². The summed E-state index contributed by atoms with van der Waals surface area (Å²) in [4.78, 5) is 31.9. The van der Waals surface area contributed by atoms with Gasteiger partial charge in [0, 0.05) is 26.0 Å². The van der Waals surface area contributed by atoms with Crippen LogP contribution in [0.4, 0.5) is 13.2 Å². The molecule has 0 radical (unpaired) electrons. The second-order valence-corrected chi connectivity index (χ2v) is 7.15. The van der Waals surface area contributed by atoms with E-state index in [1.54, 1.807) is 12.1 Å². The number of hydrogen-bond acceptors (Lipinski definition) is 7. The van der Waals surface area contributed by atoms with Gasteiger partial charge in [-0.3, -0.25) is 9.59 Å². The number of rotatable bonds is 8. The number of ether oxygens (including phenoxy) is 2. The van der Waals surface area contributed by atoms with Gasteiger partial charge in [0.15, 0.2) is 0 Å². The molecule has 2 aromatic carbocycles. The van der Waals surface area contributed by atoms with E-state index in [2.05, 4.69) is 20.6 Å². The number of benzene rings is 2. The van der Waals surface area contributed by atoms with Gasteiger partial charge in [0.05, 0.1) is 12.7 Å². The first-order valence-corrected chi connectivity index (χ1v) is 10.5. The lowest BCUT2D eigenvalue weighted by Gasteiger charge is -2.15. The Balaban J connectivity index is 0.00000222. The molecule has 0 spiro atoms. The van der Waals surface area contributed by atoms with Gasteiger partial charge in [-0.25, -0.2) is 9.97 Å². The summed E-state index contributed by atoms with van der Waals surface area (Å²) in [6, 6.07) is 8.81. The molecule has 3 N–H and O–H groups in total. The van der Waals surface area contributed by atoms with Gasteiger partial charge in [-0.1, -0.05) is 12.1 Å². The third kappa shape index (κ3) is 7.94. The molecule has 0 saturated carbocycles. The van der Waals surface area contributed by atoms with E-state index in [9.17, 15) is 22.8 Å². The van der Waals surface area contributed by atoms with Gasteiger partial charge in [-0.2, -0.15) is 13.2 Å². The third-order valence-electron chi connectivity index (χ3n) is 4.67. The average molecular weight is 506 g/mol. The molecule has 3 aromatic rings. The molecule has 1 atom stereocenters.